The summed E-state index contributed by atoms with van der Waals surface area (Å²) < 4.78 is 0. The lowest BCUT2D eigenvalue weighted by molar-refractivity contribution is 0.589. The van der Waals surface area contributed by atoms with Crippen molar-refractivity contribution in [2.75, 3.05) is 0 Å². The first kappa shape index (κ1) is 11.7. The molecule has 0 aromatic rings. The fourth-order valence-corrected chi connectivity index (χ4v) is 1.52. The maximum atomic E-state index is 5.84. The molecule has 0 saturated carbocycles. The average Bonchev–Trinajstić information content (AvgIpc) is 2.18. The molecule has 7 N–H and O–H groups in total. The maximum Gasteiger partial charge on any atom is 0.144 e. The molecule has 1 aliphatic rings. The molecule has 0 aromatic carbocycles. The molecule has 84 valence electrons. The molecule has 1 heterocycles. The maximum absolute atomic E-state index is 5.84. The normalized spacial score (nSPS) is 22.2. The SMILES string of the molecule is C/C=N/C1NC(N)=C(CC)C=C1C(N)N. The molecule has 0 aliphatic carbocycles. The first-order chi connectivity index (χ1) is 7.10. The second-order valence-corrected chi connectivity index (χ2v) is 3.42. The van der Waals surface area contributed by atoms with E-state index in [-0.39, 0.29) is 6.17 Å². The molecule has 1 atom stereocenters. The highest BCUT2D eigenvalue weighted by molar-refractivity contribution is 5.54. The summed E-state index contributed by atoms with van der Waals surface area (Å²) in [5, 5.41) is 3.08. The van der Waals surface area contributed by atoms with E-state index in [1.165, 1.54) is 0 Å². The fourth-order valence-electron chi connectivity index (χ4n) is 1.52. The van der Waals surface area contributed by atoms with Crippen molar-refractivity contribution < 1.29 is 0 Å². The summed E-state index contributed by atoms with van der Waals surface area (Å²) in [4.78, 5) is 4.23. The Balaban J connectivity index is 3.01. The molecule has 0 spiro atoms. The highest BCUT2D eigenvalue weighted by Crippen LogP contribution is 2.18. The summed E-state index contributed by atoms with van der Waals surface area (Å²) >= 11 is 0. The summed E-state index contributed by atoms with van der Waals surface area (Å²) in [7, 11) is 0. The molecule has 1 rings (SSSR count). The predicted molar refractivity (Wildman–Crippen MR) is 62.8 cm³/mol. The number of dihydropyridines is 1. The van der Waals surface area contributed by atoms with E-state index in [0.29, 0.717) is 5.82 Å². The van der Waals surface area contributed by atoms with Crippen LogP contribution in [0.3, 0.4) is 0 Å². The lowest BCUT2D eigenvalue weighted by Gasteiger charge is -2.27. The van der Waals surface area contributed by atoms with Crippen LogP contribution in [0.15, 0.2) is 28.0 Å². The number of aliphatic imine (C=N–C) groups is 1. The van der Waals surface area contributed by atoms with Gasteiger partial charge in [0.2, 0.25) is 0 Å². The van der Waals surface area contributed by atoms with Gasteiger partial charge in [0.15, 0.2) is 0 Å². The second-order valence-electron chi connectivity index (χ2n) is 3.42. The minimum Gasteiger partial charge on any atom is -0.385 e. The van der Waals surface area contributed by atoms with Crippen LogP contribution in [0.2, 0.25) is 0 Å². The molecule has 0 aromatic heterocycles. The Morgan fingerprint density at radius 2 is 2.27 bits per heavy atom. The third-order valence-electron chi connectivity index (χ3n) is 2.36. The number of allylic oxidation sites excluding steroid dienone is 2. The van der Waals surface area contributed by atoms with Crippen LogP contribution in [-0.4, -0.2) is 18.5 Å². The highest BCUT2D eigenvalue weighted by atomic mass is 15.1. The number of rotatable bonds is 3. The van der Waals surface area contributed by atoms with Gasteiger partial charge in [-0.3, -0.25) is 4.99 Å². The fraction of sp³-hybridized carbons (Fsp3) is 0.500. The van der Waals surface area contributed by atoms with E-state index in [1.54, 1.807) is 6.21 Å². The van der Waals surface area contributed by atoms with E-state index >= 15 is 0 Å². The van der Waals surface area contributed by atoms with Gasteiger partial charge in [0.1, 0.15) is 12.0 Å². The number of nitrogens with zero attached hydrogens (tertiary/aromatic N) is 1. The molecule has 0 fully saturated rings. The summed E-state index contributed by atoms with van der Waals surface area (Å²) in [5.74, 6) is 0.650. The summed E-state index contributed by atoms with van der Waals surface area (Å²) in [6.07, 6.45) is 3.75. The molecule has 15 heavy (non-hydrogen) atoms. The van der Waals surface area contributed by atoms with Crippen LogP contribution >= 0.6 is 0 Å². The first-order valence-electron chi connectivity index (χ1n) is 5.05. The van der Waals surface area contributed by atoms with E-state index in [2.05, 4.69) is 10.3 Å². The Kier molecular flexibility index (Phi) is 3.88. The number of hydrogen-bond acceptors (Lipinski definition) is 5. The average molecular weight is 209 g/mol. The Morgan fingerprint density at radius 3 is 2.73 bits per heavy atom. The van der Waals surface area contributed by atoms with E-state index in [9.17, 15) is 0 Å². The lowest BCUT2D eigenvalue weighted by atomic mass is 10.0. The topological polar surface area (TPSA) is 102 Å². The number of nitrogens with two attached hydrogens (primary N) is 3. The van der Waals surface area contributed by atoms with Crippen molar-refractivity contribution >= 4 is 6.21 Å². The molecular weight excluding hydrogens is 190 g/mol. The van der Waals surface area contributed by atoms with Crippen LogP contribution in [0.1, 0.15) is 20.3 Å². The van der Waals surface area contributed by atoms with E-state index in [0.717, 1.165) is 17.6 Å². The van der Waals surface area contributed by atoms with Crippen molar-refractivity contribution in [2.45, 2.75) is 32.6 Å². The largest absolute Gasteiger partial charge is 0.385 e. The quantitative estimate of drug-likeness (QED) is 0.380. The molecule has 5 nitrogen and oxygen atoms in total. The molecule has 0 bridgehead atoms. The van der Waals surface area contributed by atoms with Gasteiger partial charge in [0.05, 0.1) is 6.17 Å². The van der Waals surface area contributed by atoms with Crippen molar-refractivity contribution in [1.29, 1.82) is 0 Å². The first-order valence-corrected chi connectivity index (χ1v) is 5.05. The van der Waals surface area contributed by atoms with Gasteiger partial charge in [0.25, 0.3) is 0 Å². The Bertz CT molecular complexity index is 314. The Morgan fingerprint density at radius 1 is 1.60 bits per heavy atom. The van der Waals surface area contributed by atoms with Gasteiger partial charge >= 0.3 is 0 Å². The standard InChI is InChI=1S/C10H19N5/c1-3-6-5-7(8(11)12)10(14-4-2)15-9(6)13/h4-5,8,10,15H,3,11-13H2,1-2H3/b14-4+. The lowest BCUT2D eigenvalue weighted by Crippen LogP contribution is -2.45. The van der Waals surface area contributed by atoms with Crippen molar-refractivity contribution in [2.24, 2.45) is 22.2 Å². The predicted octanol–water partition coefficient (Wildman–Crippen LogP) is -0.243. The molecule has 0 saturated heterocycles. The zero-order chi connectivity index (χ0) is 11.4. The van der Waals surface area contributed by atoms with Crippen LogP contribution in [-0.2, 0) is 0 Å². The van der Waals surface area contributed by atoms with Crippen LogP contribution in [0.25, 0.3) is 0 Å². The molecule has 1 aliphatic heterocycles. The van der Waals surface area contributed by atoms with Crippen molar-refractivity contribution in [3.63, 3.8) is 0 Å². The smallest absolute Gasteiger partial charge is 0.144 e. The zero-order valence-electron chi connectivity index (χ0n) is 9.20. The van der Waals surface area contributed by atoms with E-state index in [4.69, 9.17) is 17.2 Å². The Hall–Kier alpha value is -1.33. The highest BCUT2D eigenvalue weighted by Gasteiger charge is 2.21. The van der Waals surface area contributed by atoms with Crippen LogP contribution in [0, 0.1) is 0 Å². The van der Waals surface area contributed by atoms with Gasteiger partial charge in [-0.2, -0.15) is 0 Å². The molecule has 0 radical (unpaired) electrons. The summed E-state index contributed by atoms with van der Waals surface area (Å²) in [6.45, 7) is 3.88. The van der Waals surface area contributed by atoms with Gasteiger partial charge in [-0.1, -0.05) is 6.92 Å². The number of hydrogen-bond donors (Lipinski definition) is 4. The number of nitrogens with one attached hydrogen (secondary N) is 1. The van der Waals surface area contributed by atoms with Gasteiger partial charge in [-0.05, 0) is 31.2 Å². The summed E-state index contributed by atoms with van der Waals surface area (Å²) in [6, 6.07) is 0. The van der Waals surface area contributed by atoms with E-state index in [1.807, 2.05) is 19.9 Å². The van der Waals surface area contributed by atoms with Crippen molar-refractivity contribution in [1.82, 2.24) is 5.32 Å². The third-order valence-corrected chi connectivity index (χ3v) is 2.36. The van der Waals surface area contributed by atoms with Crippen LogP contribution in [0.5, 0.6) is 0 Å². The molecule has 5 heteroatoms. The summed E-state index contributed by atoms with van der Waals surface area (Å²) in [5.41, 5.74) is 19.1. The molecule has 0 amide bonds. The van der Waals surface area contributed by atoms with Gasteiger partial charge < -0.3 is 22.5 Å². The molecule has 1 unspecified atom stereocenters. The monoisotopic (exact) mass is 209 g/mol. The third kappa shape index (κ3) is 2.57. The van der Waals surface area contributed by atoms with Crippen molar-refractivity contribution in [3.05, 3.63) is 23.0 Å². The van der Waals surface area contributed by atoms with Crippen LogP contribution in [0.4, 0.5) is 0 Å². The molecular formula is C10H19N5. The minimum atomic E-state index is -0.513. The Labute approximate surface area is 90.1 Å². The zero-order valence-corrected chi connectivity index (χ0v) is 9.20. The van der Waals surface area contributed by atoms with Gasteiger partial charge in [-0.15, -0.1) is 0 Å². The van der Waals surface area contributed by atoms with E-state index < -0.39 is 6.17 Å². The minimum absolute atomic E-state index is 0.231. The van der Waals surface area contributed by atoms with Crippen molar-refractivity contribution in [3.8, 4) is 0 Å². The second kappa shape index (κ2) is 4.95. The van der Waals surface area contributed by atoms with Gasteiger partial charge in [0, 0.05) is 5.57 Å². The van der Waals surface area contributed by atoms with Gasteiger partial charge in [-0.25, -0.2) is 0 Å². The van der Waals surface area contributed by atoms with Crippen LogP contribution < -0.4 is 22.5 Å².